The minimum absolute atomic E-state index is 0.0881. The van der Waals surface area contributed by atoms with E-state index in [1.165, 1.54) is 0 Å². The van der Waals surface area contributed by atoms with Crippen LogP contribution in [0, 0.1) is 6.92 Å². The Balaban J connectivity index is 1.78. The number of aryl methyl sites for hydroxylation is 1. The number of rotatable bonds is 5. The maximum Gasteiger partial charge on any atom is 0.231 e. The van der Waals surface area contributed by atoms with Gasteiger partial charge in [0.05, 0.1) is 12.0 Å². The van der Waals surface area contributed by atoms with Crippen LogP contribution in [0.2, 0.25) is 0 Å². The molecule has 0 saturated carbocycles. The van der Waals surface area contributed by atoms with Gasteiger partial charge in [-0.2, -0.15) is 0 Å². The van der Waals surface area contributed by atoms with Crippen LogP contribution in [0.1, 0.15) is 36.8 Å². The lowest BCUT2D eigenvalue weighted by atomic mass is 9.72. The number of hydrogen-bond donors (Lipinski definition) is 1. The summed E-state index contributed by atoms with van der Waals surface area (Å²) in [6.45, 7) is 7.35. The van der Waals surface area contributed by atoms with Gasteiger partial charge in [0.1, 0.15) is 11.5 Å². The zero-order valence-corrected chi connectivity index (χ0v) is 14.4. The number of aromatic nitrogens is 1. The van der Waals surface area contributed by atoms with Crippen LogP contribution < -0.4 is 5.32 Å². The number of carbonyl (C=O) groups excluding carboxylic acids is 1. The first-order chi connectivity index (χ1) is 11.6. The van der Waals surface area contributed by atoms with Crippen LogP contribution in [0.3, 0.4) is 0 Å². The van der Waals surface area contributed by atoms with Gasteiger partial charge in [-0.05, 0) is 45.0 Å². The smallest absolute Gasteiger partial charge is 0.231 e. The van der Waals surface area contributed by atoms with Crippen molar-refractivity contribution < 1.29 is 9.32 Å². The van der Waals surface area contributed by atoms with E-state index in [1.54, 1.807) is 0 Å². The molecule has 1 fully saturated rings. The molecule has 5 heteroatoms. The molecule has 128 valence electrons. The maximum absolute atomic E-state index is 13.1. The molecule has 24 heavy (non-hydrogen) atoms. The minimum Gasteiger partial charge on any atom is -0.361 e. The van der Waals surface area contributed by atoms with Gasteiger partial charge in [-0.1, -0.05) is 42.4 Å². The Bertz CT molecular complexity index is 673. The molecule has 0 radical (unpaired) electrons. The van der Waals surface area contributed by atoms with Crippen LogP contribution in [0.15, 0.2) is 40.9 Å². The van der Waals surface area contributed by atoms with Crippen molar-refractivity contribution in [2.24, 2.45) is 0 Å². The van der Waals surface area contributed by atoms with Gasteiger partial charge in [0.25, 0.3) is 0 Å². The summed E-state index contributed by atoms with van der Waals surface area (Å²) < 4.78 is 5.07. The number of amides is 1. The second-order valence-electron chi connectivity index (χ2n) is 6.49. The number of hydrogen-bond acceptors (Lipinski definition) is 4. The lowest BCUT2D eigenvalue weighted by Gasteiger charge is -2.40. The van der Waals surface area contributed by atoms with E-state index in [9.17, 15) is 4.79 Å². The Hall–Kier alpha value is -2.14. The van der Waals surface area contributed by atoms with Gasteiger partial charge in [-0.15, -0.1) is 0 Å². The van der Waals surface area contributed by atoms with Crippen molar-refractivity contribution in [3.8, 4) is 0 Å². The molecule has 1 aliphatic heterocycles. The third-order valence-corrected chi connectivity index (χ3v) is 5.02. The molecular weight excluding hydrogens is 302 g/mol. The molecule has 0 unspecified atom stereocenters. The first-order valence-electron chi connectivity index (χ1n) is 8.62. The number of likely N-dealkylation sites (tertiary alicyclic amines) is 1. The van der Waals surface area contributed by atoms with Gasteiger partial charge in [0, 0.05) is 6.07 Å². The molecule has 1 aliphatic rings. The van der Waals surface area contributed by atoms with Crippen molar-refractivity contribution >= 4 is 5.91 Å². The predicted octanol–water partition coefficient (Wildman–Crippen LogP) is 2.65. The molecule has 3 rings (SSSR count). The van der Waals surface area contributed by atoms with Gasteiger partial charge in [0.15, 0.2) is 0 Å². The van der Waals surface area contributed by atoms with E-state index in [2.05, 4.69) is 34.4 Å². The molecule has 1 aromatic carbocycles. The highest BCUT2D eigenvalue weighted by atomic mass is 16.5. The standard InChI is InChI=1S/C19H25N3O2/c1-3-22-11-9-19(10-12-22,16-7-5-4-6-8-16)18(23)20-14-17-13-15(2)24-21-17/h4-8,13H,3,9-12,14H2,1-2H3,(H,20,23). The van der Waals surface area contributed by atoms with E-state index in [1.807, 2.05) is 31.2 Å². The van der Waals surface area contributed by atoms with E-state index in [4.69, 9.17) is 4.52 Å². The number of nitrogens with one attached hydrogen (secondary N) is 1. The summed E-state index contributed by atoms with van der Waals surface area (Å²) >= 11 is 0. The van der Waals surface area contributed by atoms with Crippen molar-refractivity contribution in [2.45, 2.75) is 38.6 Å². The third kappa shape index (κ3) is 3.36. The van der Waals surface area contributed by atoms with E-state index in [-0.39, 0.29) is 5.91 Å². The highest BCUT2D eigenvalue weighted by Gasteiger charge is 2.42. The van der Waals surface area contributed by atoms with Gasteiger partial charge in [-0.25, -0.2) is 0 Å². The van der Waals surface area contributed by atoms with Crippen LogP contribution >= 0.6 is 0 Å². The lowest BCUT2D eigenvalue weighted by molar-refractivity contribution is -0.128. The Morgan fingerprint density at radius 3 is 2.58 bits per heavy atom. The number of piperidine rings is 1. The first-order valence-corrected chi connectivity index (χ1v) is 8.62. The van der Waals surface area contributed by atoms with Crippen molar-refractivity contribution in [3.05, 3.63) is 53.4 Å². The van der Waals surface area contributed by atoms with Crippen LogP contribution in [0.5, 0.6) is 0 Å². The normalized spacial score (nSPS) is 17.6. The molecule has 0 bridgehead atoms. The summed E-state index contributed by atoms with van der Waals surface area (Å²) in [5.41, 5.74) is 1.41. The van der Waals surface area contributed by atoms with Crippen LogP contribution in [-0.4, -0.2) is 35.6 Å². The number of benzene rings is 1. The van der Waals surface area contributed by atoms with E-state index in [0.29, 0.717) is 6.54 Å². The largest absolute Gasteiger partial charge is 0.361 e. The van der Waals surface area contributed by atoms with Crippen molar-refractivity contribution in [2.75, 3.05) is 19.6 Å². The molecule has 5 nitrogen and oxygen atoms in total. The fraction of sp³-hybridized carbons (Fsp3) is 0.474. The Morgan fingerprint density at radius 1 is 1.29 bits per heavy atom. The Morgan fingerprint density at radius 2 is 2.00 bits per heavy atom. The fourth-order valence-electron chi connectivity index (χ4n) is 3.50. The van der Waals surface area contributed by atoms with Crippen molar-refractivity contribution in [1.29, 1.82) is 0 Å². The maximum atomic E-state index is 13.1. The molecular formula is C19H25N3O2. The van der Waals surface area contributed by atoms with Crippen LogP contribution in [-0.2, 0) is 16.8 Å². The zero-order valence-electron chi connectivity index (χ0n) is 14.4. The second-order valence-corrected chi connectivity index (χ2v) is 6.49. The molecule has 1 amide bonds. The van der Waals surface area contributed by atoms with E-state index in [0.717, 1.165) is 49.5 Å². The van der Waals surface area contributed by atoms with Crippen LogP contribution in [0.4, 0.5) is 0 Å². The zero-order chi connectivity index (χ0) is 17.0. The van der Waals surface area contributed by atoms with Crippen LogP contribution in [0.25, 0.3) is 0 Å². The highest BCUT2D eigenvalue weighted by Crippen LogP contribution is 2.36. The number of nitrogens with zero attached hydrogens (tertiary/aromatic N) is 2. The lowest BCUT2D eigenvalue weighted by Crippen LogP contribution is -2.51. The summed E-state index contributed by atoms with van der Waals surface area (Å²) in [6, 6.07) is 12.0. The summed E-state index contributed by atoms with van der Waals surface area (Å²) in [5, 5.41) is 7.03. The summed E-state index contributed by atoms with van der Waals surface area (Å²) in [7, 11) is 0. The predicted molar refractivity (Wildman–Crippen MR) is 92.6 cm³/mol. The van der Waals surface area contributed by atoms with Crippen molar-refractivity contribution in [1.82, 2.24) is 15.4 Å². The SMILES string of the molecule is CCN1CCC(C(=O)NCc2cc(C)on2)(c2ccccc2)CC1. The molecule has 1 aromatic heterocycles. The van der Waals surface area contributed by atoms with Gasteiger partial charge < -0.3 is 14.7 Å². The van der Waals surface area contributed by atoms with E-state index < -0.39 is 5.41 Å². The Kier molecular flexibility index (Phi) is 5.00. The second kappa shape index (κ2) is 7.18. The minimum atomic E-state index is -0.453. The third-order valence-electron chi connectivity index (χ3n) is 5.02. The average molecular weight is 327 g/mol. The average Bonchev–Trinajstić information content (AvgIpc) is 3.05. The quantitative estimate of drug-likeness (QED) is 0.917. The molecule has 0 atom stereocenters. The monoisotopic (exact) mass is 327 g/mol. The molecule has 2 heterocycles. The van der Waals surface area contributed by atoms with E-state index >= 15 is 0 Å². The molecule has 2 aromatic rings. The summed E-state index contributed by atoms with van der Waals surface area (Å²) in [6.07, 6.45) is 1.68. The molecule has 1 N–H and O–H groups in total. The van der Waals surface area contributed by atoms with Crippen molar-refractivity contribution in [3.63, 3.8) is 0 Å². The summed E-state index contributed by atoms with van der Waals surface area (Å²) in [5.74, 6) is 0.846. The molecule has 1 saturated heterocycles. The van der Waals surface area contributed by atoms with Gasteiger partial charge in [-0.3, -0.25) is 4.79 Å². The Labute approximate surface area is 143 Å². The molecule has 0 spiro atoms. The first kappa shape index (κ1) is 16.7. The molecule has 0 aliphatic carbocycles. The number of carbonyl (C=O) groups is 1. The highest BCUT2D eigenvalue weighted by molar-refractivity contribution is 5.88. The fourth-order valence-corrected chi connectivity index (χ4v) is 3.50. The van der Waals surface area contributed by atoms with Gasteiger partial charge in [0.2, 0.25) is 5.91 Å². The summed E-state index contributed by atoms with van der Waals surface area (Å²) in [4.78, 5) is 15.5. The van der Waals surface area contributed by atoms with Gasteiger partial charge >= 0.3 is 0 Å². The topological polar surface area (TPSA) is 58.4 Å².